The number of hydrogen-bond acceptors (Lipinski definition) is 6. The van der Waals surface area contributed by atoms with Gasteiger partial charge in [0.25, 0.3) is 0 Å². The molecule has 6 nitrogen and oxygen atoms in total. The SMILES string of the molecule is COC[C@@H]1OC(Cc2ccccc2[C@H](Nc2ccc(OC)cc2)c2ccccc2)O[C@H]1COC. The molecule has 3 atom stereocenters. The van der Waals surface area contributed by atoms with Gasteiger partial charge in [0.1, 0.15) is 18.0 Å². The van der Waals surface area contributed by atoms with E-state index in [-0.39, 0.29) is 24.5 Å². The molecular weight excluding hydrogens is 430 g/mol. The van der Waals surface area contributed by atoms with Crippen LogP contribution in [0.4, 0.5) is 5.69 Å². The van der Waals surface area contributed by atoms with E-state index in [4.69, 9.17) is 23.7 Å². The molecular formula is C28H33NO5. The van der Waals surface area contributed by atoms with Crippen LogP contribution in [0.25, 0.3) is 0 Å². The van der Waals surface area contributed by atoms with Crippen LogP contribution in [0.2, 0.25) is 0 Å². The van der Waals surface area contributed by atoms with Crippen molar-refractivity contribution in [2.24, 2.45) is 0 Å². The van der Waals surface area contributed by atoms with E-state index in [2.05, 4.69) is 53.8 Å². The van der Waals surface area contributed by atoms with Crippen molar-refractivity contribution in [3.63, 3.8) is 0 Å². The molecule has 1 N–H and O–H groups in total. The summed E-state index contributed by atoms with van der Waals surface area (Å²) in [6.45, 7) is 0.940. The first kappa shape index (κ1) is 24.2. The quantitative estimate of drug-likeness (QED) is 0.439. The minimum Gasteiger partial charge on any atom is -0.497 e. The third kappa shape index (κ3) is 5.96. The predicted octanol–water partition coefficient (Wildman–Crippen LogP) is 4.84. The normalized spacial score (nSPS) is 19.1. The molecule has 0 bridgehead atoms. The summed E-state index contributed by atoms with van der Waals surface area (Å²) in [5.74, 6) is 0.828. The van der Waals surface area contributed by atoms with E-state index in [1.165, 1.54) is 11.1 Å². The second kappa shape index (κ2) is 12.0. The van der Waals surface area contributed by atoms with Crippen LogP contribution < -0.4 is 10.1 Å². The van der Waals surface area contributed by atoms with E-state index in [9.17, 15) is 0 Å². The number of ether oxygens (including phenoxy) is 5. The summed E-state index contributed by atoms with van der Waals surface area (Å²) in [6, 6.07) is 26.8. The van der Waals surface area contributed by atoms with Crippen LogP contribution in [0.5, 0.6) is 5.75 Å². The van der Waals surface area contributed by atoms with Gasteiger partial charge in [-0.2, -0.15) is 0 Å². The van der Waals surface area contributed by atoms with Gasteiger partial charge < -0.3 is 29.0 Å². The molecule has 1 aliphatic rings. The largest absolute Gasteiger partial charge is 0.497 e. The third-order valence-corrected chi connectivity index (χ3v) is 6.02. The zero-order valence-corrected chi connectivity index (χ0v) is 20.0. The van der Waals surface area contributed by atoms with E-state index in [1.54, 1.807) is 21.3 Å². The van der Waals surface area contributed by atoms with Gasteiger partial charge in [0, 0.05) is 26.3 Å². The van der Waals surface area contributed by atoms with Crippen LogP contribution in [0.15, 0.2) is 78.9 Å². The van der Waals surface area contributed by atoms with Gasteiger partial charge in [-0.05, 0) is 41.0 Å². The Morgan fingerprint density at radius 3 is 2.00 bits per heavy atom. The molecule has 0 aromatic heterocycles. The maximum atomic E-state index is 6.19. The first-order valence-electron chi connectivity index (χ1n) is 11.5. The number of anilines is 1. The van der Waals surface area contributed by atoms with Gasteiger partial charge >= 0.3 is 0 Å². The lowest BCUT2D eigenvalue weighted by molar-refractivity contribution is -0.0753. The lowest BCUT2D eigenvalue weighted by Gasteiger charge is -2.24. The fraction of sp³-hybridized carbons (Fsp3) is 0.357. The Balaban J connectivity index is 1.60. The molecule has 0 saturated carbocycles. The summed E-state index contributed by atoms with van der Waals surface area (Å²) in [6.07, 6.45) is -0.0303. The molecule has 1 aliphatic heterocycles. The summed E-state index contributed by atoms with van der Waals surface area (Å²) in [7, 11) is 5.02. The van der Waals surface area contributed by atoms with Crippen LogP contribution in [-0.2, 0) is 25.4 Å². The summed E-state index contributed by atoms with van der Waals surface area (Å²) < 4.78 is 28.4. The monoisotopic (exact) mass is 463 g/mol. The van der Waals surface area contributed by atoms with Crippen molar-refractivity contribution in [1.29, 1.82) is 0 Å². The Morgan fingerprint density at radius 2 is 1.38 bits per heavy atom. The van der Waals surface area contributed by atoms with Crippen LogP contribution >= 0.6 is 0 Å². The smallest absolute Gasteiger partial charge is 0.162 e. The molecule has 34 heavy (non-hydrogen) atoms. The molecule has 180 valence electrons. The van der Waals surface area contributed by atoms with Crippen molar-refractivity contribution >= 4 is 5.69 Å². The Morgan fingerprint density at radius 1 is 0.765 bits per heavy atom. The third-order valence-electron chi connectivity index (χ3n) is 6.02. The Bertz CT molecular complexity index is 997. The van der Waals surface area contributed by atoms with Crippen molar-refractivity contribution in [3.8, 4) is 5.75 Å². The van der Waals surface area contributed by atoms with Crippen LogP contribution in [0.3, 0.4) is 0 Å². The number of benzene rings is 3. The van der Waals surface area contributed by atoms with Crippen molar-refractivity contribution in [3.05, 3.63) is 95.6 Å². The molecule has 1 heterocycles. The first-order valence-corrected chi connectivity index (χ1v) is 11.5. The summed E-state index contributed by atoms with van der Waals surface area (Å²) in [5, 5.41) is 3.71. The van der Waals surface area contributed by atoms with Gasteiger partial charge in [0.2, 0.25) is 0 Å². The predicted molar refractivity (Wildman–Crippen MR) is 132 cm³/mol. The van der Waals surface area contributed by atoms with Gasteiger partial charge in [0.15, 0.2) is 6.29 Å². The molecule has 0 unspecified atom stereocenters. The molecule has 0 radical (unpaired) electrons. The first-order chi connectivity index (χ1) is 16.7. The van der Waals surface area contributed by atoms with E-state index in [0.717, 1.165) is 17.0 Å². The van der Waals surface area contributed by atoms with Gasteiger partial charge in [-0.1, -0.05) is 54.6 Å². The van der Waals surface area contributed by atoms with Crippen molar-refractivity contribution in [2.75, 3.05) is 39.9 Å². The fourth-order valence-electron chi connectivity index (χ4n) is 4.34. The highest BCUT2D eigenvalue weighted by Crippen LogP contribution is 2.32. The van der Waals surface area contributed by atoms with Crippen molar-refractivity contribution < 1.29 is 23.7 Å². The average molecular weight is 464 g/mol. The molecule has 1 fully saturated rings. The van der Waals surface area contributed by atoms with Crippen LogP contribution in [0, 0.1) is 0 Å². The molecule has 1 saturated heterocycles. The van der Waals surface area contributed by atoms with E-state index in [0.29, 0.717) is 19.6 Å². The number of nitrogens with one attached hydrogen (secondary N) is 1. The lowest BCUT2D eigenvalue weighted by Crippen LogP contribution is -2.30. The van der Waals surface area contributed by atoms with Crippen LogP contribution in [0.1, 0.15) is 22.7 Å². The topological polar surface area (TPSA) is 58.2 Å². The highest BCUT2D eigenvalue weighted by atomic mass is 16.7. The zero-order valence-electron chi connectivity index (χ0n) is 20.0. The number of rotatable bonds is 11. The second-order valence-corrected chi connectivity index (χ2v) is 8.31. The van der Waals surface area contributed by atoms with E-state index in [1.807, 2.05) is 30.3 Å². The van der Waals surface area contributed by atoms with E-state index >= 15 is 0 Å². The van der Waals surface area contributed by atoms with E-state index < -0.39 is 0 Å². The zero-order chi connectivity index (χ0) is 23.8. The van der Waals surface area contributed by atoms with Gasteiger partial charge in [-0.25, -0.2) is 0 Å². The van der Waals surface area contributed by atoms with Crippen molar-refractivity contribution in [2.45, 2.75) is 31.0 Å². The Labute approximate surface area is 201 Å². The molecule has 3 aromatic carbocycles. The molecule has 0 amide bonds. The number of methoxy groups -OCH3 is 3. The Hall–Kier alpha value is -2.90. The summed E-state index contributed by atoms with van der Waals surface area (Å²) in [5.41, 5.74) is 4.53. The molecule has 0 spiro atoms. The van der Waals surface area contributed by atoms with Gasteiger partial charge in [-0.3, -0.25) is 0 Å². The highest BCUT2D eigenvalue weighted by molar-refractivity contribution is 5.52. The van der Waals surface area contributed by atoms with Gasteiger partial charge in [0.05, 0.1) is 26.4 Å². The minimum atomic E-state index is -0.362. The average Bonchev–Trinajstić information content (AvgIpc) is 3.25. The van der Waals surface area contributed by atoms with Gasteiger partial charge in [-0.15, -0.1) is 0 Å². The number of hydrogen-bond donors (Lipinski definition) is 1. The standard InChI is InChI=1S/C28H33NO5/c1-30-18-25-26(19-31-2)34-27(33-25)17-21-11-7-8-12-24(21)28(20-9-5-4-6-10-20)29-22-13-15-23(32-3)16-14-22/h4-16,25-29H,17-19H2,1-3H3/t25-,26-,28+/m0/s1. The molecule has 3 aromatic rings. The second-order valence-electron chi connectivity index (χ2n) is 8.31. The van der Waals surface area contributed by atoms with Crippen molar-refractivity contribution in [1.82, 2.24) is 0 Å². The lowest BCUT2D eigenvalue weighted by atomic mass is 9.92. The Kier molecular flexibility index (Phi) is 8.55. The maximum absolute atomic E-state index is 6.19. The highest BCUT2D eigenvalue weighted by Gasteiger charge is 2.36. The minimum absolute atomic E-state index is 0.0447. The molecule has 0 aliphatic carbocycles. The van der Waals surface area contributed by atoms with Crippen LogP contribution in [-0.4, -0.2) is 53.0 Å². The molecule has 4 rings (SSSR count). The summed E-state index contributed by atoms with van der Waals surface area (Å²) in [4.78, 5) is 0. The molecule has 6 heteroatoms. The maximum Gasteiger partial charge on any atom is 0.162 e. The fourth-order valence-corrected chi connectivity index (χ4v) is 4.34. The summed E-state index contributed by atoms with van der Waals surface area (Å²) >= 11 is 0.